The molecule has 0 unspecified atom stereocenters. The Balaban J connectivity index is 1.58. The van der Waals surface area contributed by atoms with Crippen LogP contribution in [-0.4, -0.2) is 36.4 Å². The largest absolute Gasteiger partial charge is 0.483 e. The molecule has 1 saturated heterocycles. The van der Waals surface area contributed by atoms with Gasteiger partial charge in [-0.3, -0.25) is 9.59 Å². The van der Waals surface area contributed by atoms with Gasteiger partial charge in [-0.05, 0) is 71.6 Å². The maximum atomic E-state index is 12.7. The van der Waals surface area contributed by atoms with E-state index in [2.05, 4.69) is 21.2 Å². The first-order valence-electron chi connectivity index (χ1n) is 9.61. The molecule has 0 aliphatic carbocycles. The Morgan fingerprint density at radius 1 is 1.07 bits per heavy atom. The molecule has 2 aromatic carbocycles. The van der Waals surface area contributed by atoms with Gasteiger partial charge >= 0.3 is 0 Å². The van der Waals surface area contributed by atoms with Crippen molar-refractivity contribution in [1.82, 2.24) is 4.90 Å². The SMILES string of the molecule is Cc1ccc(OCC(=O)Nc2cccc(C(=O)N3CCCCCC3)c2)c(Br)c1. The lowest BCUT2D eigenvalue weighted by atomic mass is 10.1. The van der Waals surface area contributed by atoms with Crippen LogP contribution in [0, 0.1) is 6.92 Å². The zero-order valence-corrected chi connectivity index (χ0v) is 17.6. The molecule has 148 valence electrons. The van der Waals surface area contributed by atoms with Gasteiger partial charge in [-0.25, -0.2) is 0 Å². The monoisotopic (exact) mass is 444 g/mol. The van der Waals surface area contributed by atoms with Crippen molar-refractivity contribution in [3.63, 3.8) is 0 Å². The fraction of sp³-hybridized carbons (Fsp3) is 0.364. The lowest BCUT2D eigenvalue weighted by molar-refractivity contribution is -0.118. The molecular weight excluding hydrogens is 420 g/mol. The zero-order chi connectivity index (χ0) is 19.9. The maximum absolute atomic E-state index is 12.7. The second-order valence-corrected chi connectivity index (χ2v) is 7.91. The Morgan fingerprint density at radius 3 is 2.54 bits per heavy atom. The highest BCUT2D eigenvalue weighted by atomic mass is 79.9. The van der Waals surface area contributed by atoms with Gasteiger partial charge in [0.25, 0.3) is 11.8 Å². The number of nitrogens with zero attached hydrogens (tertiary/aromatic N) is 1. The minimum atomic E-state index is -0.271. The van der Waals surface area contributed by atoms with Crippen molar-refractivity contribution in [3.05, 3.63) is 58.1 Å². The summed E-state index contributed by atoms with van der Waals surface area (Å²) in [7, 11) is 0. The minimum absolute atomic E-state index is 0.0258. The average Bonchev–Trinajstić information content (AvgIpc) is 2.96. The smallest absolute Gasteiger partial charge is 0.262 e. The third-order valence-corrected chi connectivity index (χ3v) is 5.35. The van der Waals surface area contributed by atoms with Crippen LogP contribution in [0.4, 0.5) is 5.69 Å². The molecule has 2 aromatic rings. The van der Waals surface area contributed by atoms with E-state index in [0.29, 0.717) is 17.0 Å². The van der Waals surface area contributed by atoms with Crippen molar-refractivity contribution in [1.29, 1.82) is 0 Å². The molecule has 2 amide bonds. The van der Waals surface area contributed by atoms with E-state index < -0.39 is 0 Å². The minimum Gasteiger partial charge on any atom is -0.483 e. The molecule has 0 radical (unpaired) electrons. The van der Waals surface area contributed by atoms with Gasteiger partial charge in [0, 0.05) is 24.3 Å². The van der Waals surface area contributed by atoms with E-state index >= 15 is 0 Å². The van der Waals surface area contributed by atoms with E-state index in [0.717, 1.165) is 36.0 Å². The number of ether oxygens (including phenoxy) is 1. The summed E-state index contributed by atoms with van der Waals surface area (Å²) in [6, 6.07) is 12.8. The average molecular weight is 445 g/mol. The molecule has 0 spiro atoms. The molecule has 3 rings (SSSR count). The van der Waals surface area contributed by atoms with Crippen LogP contribution in [-0.2, 0) is 4.79 Å². The number of rotatable bonds is 5. The molecule has 0 saturated carbocycles. The lowest BCUT2D eigenvalue weighted by Gasteiger charge is -2.20. The zero-order valence-electron chi connectivity index (χ0n) is 16.0. The molecule has 0 bridgehead atoms. The number of hydrogen-bond acceptors (Lipinski definition) is 3. The molecule has 28 heavy (non-hydrogen) atoms. The Labute approximate surface area is 174 Å². The number of aryl methyl sites for hydroxylation is 1. The number of carbonyl (C=O) groups is 2. The highest BCUT2D eigenvalue weighted by Crippen LogP contribution is 2.25. The summed E-state index contributed by atoms with van der Waals surface area (Å²) in [5.74, 6) is 0.371. The van der Waals surface area contributed by atoms with Crippen LogP contribution in [0.2, 0.25) is 0 Å². The van der Waals surface area contributed by atoms with Crippen LogP contribution in [0.1, 0.15) is 41.6 Å². The van der Waals surface area contributed by atoms with Crippen LogP contribution in [0.25, 0.3) is 0 Å². The van der Waals surface area contributed by atoms with Crippen molar-refractivity contribution in [2.24, 2.45) is 0 Å². The van der Waals surface area contributed by atoms with E-state index in [1.165, 1.54) is 12.8 Å². The van der Waals surface area contributed by atoms with Crippen LogP contribution in [0.5, 0.6) is 5.75 Å². The molecule has 1 aliphatic heterocycles. The Kier molecular flexibility index (Phi) is 7.09. The summed E-state index contributed by atoms with van der Waals surface area (Å²) in [6.07, 6.45) is 4.45. The predicted octanol–water partition coefficient (Wildman–Crippen LogP) is 4.79. The van der Waals surface area contributed by atoms with Gasteiger partial charge in [0.15, 0.2) is 6.61 Å². The van der Waals surface area contributed by atoms with Gasteiger partial charge in [-0.2, -0.15) is 0 Å². The van der Waals surface area contributed by atoms with Crippen LogP contribution in [0.15, 0.2) is 46.9 Å². The molecule has 5 nitrogen and oxygen atoms in total. The van der Waals surface area contributed by atoms with Gasteiger partial charge in [0.1, 0.15) is 5.75 Å². The summed E-state index contributed by atoms with van der Waals surface area (Å²) in [5, 5.41) is 2.80. The molecule has 1 aliphatic rings. The lowest BCUT2D eigenvalue weighted by Crippen LogP contribution is -2.31. The number of carbonyl (C=O) groups excluding carboxylic acids is 2. The Hall–Kier alpha value is -2.34. The van der Waals surface area contributed by atoms with Crippen LogP contribution in [0.3, 0.4) is 0 Å². The fourth-order valence-electron chi connectivity index (χ4n) is 3.25. The van der Waals surface area contributed by atoms with Gasteiger partial charge in [0.2, 0.25) is 0 Å². The first kappa shape index (κ1) is 20.4. The van der Waals surface area contributed by atoms with E-state index in [1.807, 2.05) is 30.0 Å². The van der Waals surface area contributed by atoms with E-state index in [1.54, 1.807) is 24.3 Å². The van der Waals surface area contributed by atoms with Gasteiger partial charge in [0.05, 0.1) is 4.47 Å². The summed E-state index contributed by atoms with van der Waals surface area (Å²) in [6.45, 7) is 3.48. The second-order valence-electron chi connectivity index (χ2n) is 7.06. The molecule has 1 N–H and O–H groups in total. The van der Waals surface area contributed by atoms with Crippen molar-refractivity contribution in [3.8, 4) is 5.75 Å². The standard InChI is InChI=1S/C22H25BrN2O3/c1-16-9-10-20(19(23)13-16)28-15-21(26)24-18-8-6-7-17(14-18)22(27)25-11-4-2-3-5-12-25/h6-10,13-14H,2-5,11-12,15H2,1H3,(H,24,26). The number of amides is 2. The summed E-state index contributed by atoms with van der Waals surface area (Å²) < 4.78 is 6.39. The van der Waals surface area contributed by atoms with Gasteiger partial charge < -0.3 is 15.0 Å². The summed E-state index contributed by atoms with van der Waals surface area (Å²) in [5.41, 5.74) is 2.30. The quantitative estimate of drug-likeness (QED) is 0.720. The number of nitrogens with one attached hydrogen (secondary N) is 1. The van der Waals surface area contributed by atoms with E-state index in [9.17, 15) is 9.59 Å². The predicted molar refractivity (Wildman–Crippen MR) is 114 cm³/mol. The summed E-state index contributed by atoms with van der Waals surface area (Å²) in [4.78, 5) is 26.9. The first-order valence-corrected chi connectivity index (χ1v) is 10.4. The van der Waals surface area contributed by atoms with E-state index in [-0.39, 0.29) is 18.4 Å². The second kappa shape index (κ2) is 9.73. The number of benzene rings is 2. The molecular formula is C22H25BrN2O3. The Bertz CT molecular complexity index is 845. The fourth-order valence-corrected chi connectivity index (χ4v) is 3.86. The molecule has 1 heterocycles. The molecule has 0 aromatic heterocycles. The van der Waals surface area contributed by atoms with Crippen molar-refractivity contribution >= 4 is 33.4 Å². The number of likely N-dealkylation sites (tertiary alicyclic amines) is 1. The third-order valence-electron chi connectivity index (χ3n) is 4.73. The Morgan fingerprint density at radius 2 is 1.82 bits per heavy atom. The summed E-state index contributed by atoms with van der Waals surface area (Å²) >= 11 is 3.43. The molecule has 1 fully saturated rings. The van der Waals surface area contributed by atoms with Crippen molar-refractivity contribution in [2.75, 3.05) is 25.0 Å². The number of halogens is 1. The number of anilines is 1. The highest BCUT2D eigenvalue weighted by Gasteiger charge is 2.17. The molecule has 0 atom stereocenters. The first-order chi connectivity index (χ1) is 13.5. The van der Waals surface area contributed by atoms with Crippen LogP contribution >= 0.6 is 15.9 Å². The van der Waals surface area contributed by atoms with Crippen molar-refractivity contribution in [2.45, 2.75) is 32.6 Å². The third kappa shape index (κ3) is 5.58. The van der Waals surface area contributed by atoms with Crippen LogP contribution < -0.4 is 10.1 Å². The normalized spacial score (nSPS) is 14.3. The van der Waals surface area contributed by atoms with Gasteiger partial charge in [-0.15, -0.1) is 0 Å². The van der Waals surface area contributed by atoms with Crippen molar-refractivity contribution < 1.29 is 14.3 Å². The van der Waals surface area contributed by atoms with E-state index in [4.69, 9.17) is 4.74 Å². The maximum Gasteiger partial charge on any atom is 0.262 e. The number of hydrogen-bond donors (Lipinski definition) is 1. The topological polar surface area (TPSA) is 58.6 Å². The molecule has 6 heteroatoms. The van der Waals surface area contributed by atoms with Gasteiger partial charge in [-0.1, -0.05) is 25.0 Å². The highest BCUT2D eigenvalue weighted by molar-refractivity contribution is 9.10.